The second-order valence-corrected chi connectivity index (χ2v) is 9.57. The van der Waals surface area contributed by atoms with E-state index >= 15 is 0 Å². The summed E-state index contributed by atoms with van der Waals surface area (Å²) in [5.41, 5.74) is 5.13. The van der Waals surface area contributed by atoms with E-state index in [1.165, 1.54) is 24.8 Å². The summed E-state index contributed by atoms with van der Waals surface area (Å²) in [7, 11) is 0. The normalized spacial score (nSPS) is 29.0. The van der Waals surface area contributed by atoms with E-state index in [0.29, 0.717) is 5.41 Å². The molecule has 25 heavy (non-hydrogen) atoms. The van der Waals surface area contributed by atoms with Crippen molar-refractivity contribution in [2.45, 2.75) is 79.8 Å². The van der Waals surface area contributed by atoms with E-state index in [9.17, 15) is 5.11 Å². The van der Waals surface area contributed by atoms with Gasteiger partial charge in [-0.3, -0.25) is 0 Å². The molecule has 0 bridgehead atoms. The van der Waals surface area contributed by atoms with E-state index in [1.807, 2.05) is 12.2 Å². The number of hydrogen-bond acceptors (Lipinski definition) is 1. The van der Waals surface area contributed by atoms with Gasteiger partial charge in [-0.1, -0.05) is 82.2 Å². The molecule has 1 N–H and O–H groups in total. The highest BCUT2D eigenvalue weighted by Crippen LogP contribution is 2.46. The maximum atomic E-state index is 11.3. The molecule has 2 aliphatic carbocycles. The zero-order chi connectivity index (χ0) is 19.0. The maximum absolute atomic E-state index is 11.3. The van der Waals surface area contributed by atoms with E-state index in [0.717, 1.165) is 17.6 Å². The van der Waals surface area contributed by atoms with Crippen molar-refractivity contribution in [2.75, 3.05) is 0 Å². The standard InChI is InChI=1S/C24H36O/c1-17(11-14-21-18(2)10-9-15-23(21,7)8)16-20-13-12-19(3)24(20,25)22(4,5)6/h11-13,16,25H,3,9-10,14-15H2,1-2,4-8H3/b17-11+,20-16+/t24-/m1/s1. The average molecular weight is 341 g/mol. The number of aliphatic hydroxyl groups is 1. The van der Waals surface area contributed by atoms with Gasteiger partial charge in [-0.2, -0.15) is 0 Å². The van der Waals surface area contributed by atoms with Gasteiger partial charge in [0.05, 0.1) is 0 Å². The molecule has 0 amide bonds. The van der Waals surface area contributed by atoms with Crippen LogP contribution < -0.4 is 0 Å². The van der Waals surface area contributed by atoms with E-state index in [4.69, 9.17) is 0 Å². The summed E-state index contributed by atoms with van der Waals surface area (Å²) in [6.07, 6.45) is 13.2. The van der Waals surface area contributed by atoms with Gasteiger partial charge in [-0.25, -0.2) is 0 Å². The highest BCUT2D eigenvalue weighted by molar-refractivity contribution is 5.54. The van der Waals surface area contributed by atoms with Gasteiger partial charge in [0.25, 0.3) is 0 Å². The molecule has 0 unspecified atom stereocenters. The van der Waals surface area contributed by atoms with E-state index in [1.54, 1.807) is 11.1 Å². The summed E-state index contributed by atoms with van der Waals surface area (Å²) in [6.45, 7) is 19.4. The van der Waals surface area contributed by atoms with Gasteiger partial charge in [-0.15, -0.1) is 0 Å². The third-order valence-corrected chi connectivity index (χ3v) is 6.13. The molecule has 0 radical (unpaired) electrons. The largest absolute Gasteiger partial charge is 0.380 e. The fraction of sp³-hybridized carbons (Fsp3) is 0.583. The Morgan fingerprint density at radius 3 is 2.48 bits per heavy atom. The fourth-order valence-corrected chi connectivity index (χ4v) is 4.38. The molecule has 1 heteroatoms. The van der Waals surface area contributed by atoms with Crippen LogP contribution in [0.25, 0.3) is 0 Å². The fourth-order valence-electron chi connectivity index (χ4n) is 4.38. The monoisotopic (exact) mass is 340 g/mol. The molecule has 1 nitrogen and oxygen atoms in total. The van der Waals surface area contributed by atoms with Crippen molar-refractivity contribution in [3.63, 3.8) is 0 Å². The van der Waals surface area contributed by atoms with Crippen LogP contribution in [0.4, 0.5) is 0 Å². The van der Waals surface area contributed by atoms with Crippen molar-refractivity contribution >= 4 is 0 Å². The van der Waals surface area contributed by atoms with E-state index in [2.05, 4.69) is 67.2 Å². The molecule has 0 aromatic heterocycles. The third-order valence-electron chi connectivity index (χ3n) is 6.13. The second-order valence-electron chi connectivity index (χ2n) is 9.57. The van der Waals surface area contributed by atoms with Gasteiger partial charge in [-0.05, 0) is 61.5 Å². The Hall–Kier alpha value is -1.34. The maximum Gasteiger partial charge on any atom is 0.119 e. The molecule has 138 valence electrons. The Kier molecular flexibility index (Phi) is 5.40. The van der Waals surface area contributed by atoms with Crippen LogP contribution in [0, 0.1) is 10.8 Å². The predicted octanol–water partition coefficient (Wildman–Crippen LogP) is 6.68. The third kappa shape index (κ3) is 3.77. The Morgan fingerprint density at radius 2 is 1.92 bits per heavy atom. The van der Waals surface area contributed by atoms with Gasteiger partial charge in [0.1, 0.15) is 5.60 Å². The minimum Gasteiger partial charge on any atom is -0.380 e. The van der Waals surface area contributed by atoms with Gasteiger partial charge >= 0.3 is 0 Å². The summed E-state index contributed by atoms with van der Waals surface area (Å²) in [5, 5.41) is 11.3. The van der Waals surface area contributed by atoms with E-state index < -0.39 is 5.60 Å². The average Bonchev–Trinajstić information content (AvgIpc) is 2.75. The lowest BCUT2D eigenvalue weighted by atomic mass is 9.70. The summed E-state index contributed by atoms with van der Waals surface area (Å²) in [5.74, 6) is 0. The van der Waals surface area contributed by atoms with Crippen molar-refractivity contribution in [3.8, 4) is 0 Å². The molecular formula is C24H36O. The highest BCUT2D eigenvalue weighted by Gasteiger charge is 2.46. The molecule has 0 saturated carbocycles. The number of rotatable bonds is 3. The summed E-state index contributed by atoms with van der Waals surface area (Å²) >= 11 is 0. The second kappa shape index (κ2) is 6.76. The van der Waals surface area contributed by atoms with Gasteiger partial charge in [0, 0.05) is 0 Å². The highest BCUT2D eigenvalue weighted by atomic mass is 16.3. The smallest absolute Gasteiger partial charge is 0.119 e. The molecular weight excluding hydrogens is 304 g/mol. The molecule has 0 spiro atoms. The Labute approximate surface area is 154 Å². The van der Waals surface area contributed by atoms with Crippen LogP contribution in [0.15, 0.2) is 58.7 Å². The summed E-state index contributed by atoms with van der Waals surface area (Å²) in [4.78, 5) is 0. The van der Waals surface area contributed by atoms with Crippen LogP contribution >= 0.6 is 0 Å². The number of hydrogen-bond donors (Lipinski definition) is 1. The molecule has 0 fully saturated rings. The zero-order valence-corrected chi connectivity index (χ0v) is 17.3. The first kappa shape index (κ1) is 20.0. The summed E-state index contributed by atoms with van der Waals surface area (Å²) in [6, 6.07) is 0. The molecule has 0 heterocycles. The van der Waals surface area contributed by atoms with Crippen molar-refractivity contribution in [3.05, 3.63) is 58.7 Å². The minimum absolute atomic E-state index is 0.288. The predicted molar refractivity (Wildman–Crippen MR) is 109 cm³/mol. The van der Waals surface area contributed by atoms with Crippen molar-refractivity contribution in [2.24, 2.45) is 10.8 Å². The first-order chi connectivity index (χ1) is 11.4. The first-order valence-corrected chi connectivity index (χ1v) is 9.57. The number of allylic oxidation sites excluding steroid dienone is 5. The molecule has 1 atom stereocenters. The van der Waals surface area contributed by atoms with Crippen LogP contribution in [0.1, 0.15) is 74.1 Å². The molecule has 0 aromatic rings. The molecule has 0 saturated heterocycles. The lowest BCUT2D eigenvalue weighted by Gasteiger charge is -2.39. The van der Waals surface area contributed by atoms with Crippen LogP contribution in [-0.4, -0.2) is 10.7 Å². The van der Waals surface area contributed by atoms with Crippen LogP contribution in [-0.2, 0) is 0 Å². The zero-order valence-electron chi connectivity index (χ0n) is 17.3. The van der Waals surface area contributed by atoms with Crippen LogP contribution in [0.2, 0.25) is 0 Å². The van der Waals surface area contributed by atoms with Crippen LogP contribution in [0.3, 0.4) is 0 Å². The topological polar surface area (TPSA) is 20.2 Å². The van der Waals surface area contributed by atoms with Gasteiger partial charge in [0.2, 0.25) is 0 Å². The summed E-state index contributed by atoms with van der Waals surface area (Å²) < 4.78 is 0. The molecule has 0 aromatic carbocycles. The van der Waals surface area contributed by atoms with Gasteiger partial charge < -0.3 is 5.11 Å². The van der Waals surface area contributed by atoms with E-state index in [-0.39, 0.29) is 5.41 Å². The Bertz CT molecular complexity index is 673. The Balaban J connectivity index is 2.28. The Morgan fingerprint density at radius 1 is 1.28 bits per heavy atom. The molecule has 2 aliphatic rings. The molecule has 0 aliphatic heterocycles. The van der Waals surface area contributed by atoms with Crippen molar-refractivity contribution in [1.82, 2.24) is 0 Å². The lowest BCUT2D eigenvalue weighted by molar-refractivity contribution is 0.0190. The molecule has 2 rings (SSSR count). The van der Waals surface area contributed by atoms with Crippen molar-refractivity contribution < 1.29 is 5.11 Å². The van der Waals surface area contributed by atoms with Gasteiger partial charge in [0.15, 0.2) is 0 Å². The SMILES string of the molecule is C=C1C=C/C(=C\C(C)=C\CC2=C(C)CCCC2(C)C)[C@@]1(O)C(C)(C)C. The van der Waals surface area contributed by atoms with Crippen LogP contribution in [0.5, 0.6) is 0 Å². The quantitative estimate of drug-likeness (QED) is 0.568. The first-order valence-electron chi connectivity index (χ1n) is 9.57. The lowest BCUT2D eigenvalue weighted by Crippen LogP contribution is -2.43. The van der Waals surface area contributed by atoms with Crippen molar-refractivity contribution in [1.29, 1.82) is 0 Å². The minimum atomic E-state index is -0.985.